The number of amides is 1. The smallest absolute Gasteiger partial charge is 0.407 e. The minimum absolute atomic E-state index is 0. The third kappa shape index (κ3) is 7.43. The van der Waals surface area contributed by atoms with E-state index in [0.29, 0.717) is 0 Å². The van der Waals surface area contributed by atoms with Crippen LogP contribution in [0.15, 0.2) is 34.0 Å². The van der Waals surface area contributed by atoms with E-state index in [2.05, 4.69) is 11.2 Å². The van der Waals surface area contributed by atoms with Gasteiger partial charge in [-0.1, -0.05) is 13.8 Å². The number of fused-ring (bicyclic) bond motifs is 5. The summed E-state index contributed by atoms with van der Waals surface area (Å²) in [4.78, 5) is 53.1. The van der Waals surface area contributed by atoms with Crippen LogP contribution in [0.2, 0.25) is 0 Å². The van der Waals surface area contributed by atoms with Gasteiger partial charge in [0.05, 0.1) is 30.5 Å². The Morgan fingerprint density at radius 3 is 2.37 bits per heavy atom. The van der Waals surface area contributed by atoms with Crippen molar-refractivity contribution in [1.29, 1.82) is 0 Å². The summed E-state index contributed by atoms with van der Waals surface area (Å²) in [5.41, 5.74) is -7.51. The number of aliphatic hydroxyl groups excluding tert-OH is 3. The van der Waals surface area contributed by atoms with Crippen molar-refractivity contribution in [1.82, 2.24) is 5.32 Å². The number of rotatable bonds is 8. The van der Waals surface area contributed by atoms with Gasteiger partial charge in [-0.15, -0.1) is 12.3 Å². The number of hydrogen-bond acceptors (Lipinski definition) is 14. The number of aliphatic hydroxyl groups is 5. The molecule has 1 amide bonds. The zero-order chi connectivity index (χ0) is 36.3. The summed E-state index contributed by atoms with van der Waals surface area (Å²) in [6.45, 7) is 6.52. The molecule has 17 heteroatoms. The molecule has 1 saturated heterocycles. The monoisotopic (exact) mass is 1140 g/mol. The number of carbonyl (C=O) groups is 4. The molecule has 15 nitrogen and oxygen atoms in total. The molecule has 1 aromatic heterocycles. The summed E-state index contributed by atoms with van der Waals surface area (Å²) in [7, 11) is 0. The van der Waals surface area contributed by atoms with Crippen molar-refractivity contribution in [3.63, 3.8) is 0 Å². The molecule has 1 aliphatic heterocycles. The molecule has 3 fully saturated rings. The van der Waals surface area contributed by atoms with Crippen molar-refractivity contribution in [2.75, 3.05) is 13.2 Å². The van der Waals surface area contributed by atoms with E-state index < -0.39 is 101 Å². The van der Waals surface area contributed by atoms with Crippen LogP contribution in [0.25, 0.3) is 0 Å². The largest absolute Gasteiger partial charge is 0.467 e. The number of hydrogen-bond donors (Lipinski definition) is 6. The molecule has 51 heavy (non-hydrogen) atoms. The van der Waals surface area contributed by atoms with E-state index >= 15 is 0 Å². The molecule has 3 aliphatic carbocycles. The maximum Gasteiger partial charge on any atom is 0.407 e. The van der Waals surface area contributed by atoms with Crippen LogP contribution in [0, 0.1) is 117 Å². The van der Waals surface area contributed by atoms with Crippen molar-refractivity contribution in [2.45, 2.75) is 108 Å². The topological polar surface area (TPSA) is 232 Å². The Morgan fingerprint density at radius 2 is 1.82 bits per heavy atom. The van der Waals surface area contributed by atoms with Gasteiger partial charge in [0.1, 0.15) is 47.9 Å². The normalized spacial score (nSPS) is 36.0. The maximum absolute atomic E-state index is 14.4. The van der Waals surface area contributed by atoms with Crippen molar-refractivity contribution in [3.05, 3.63) is 35.3 Å². The van der Waals surface area contributed by atoms with Gasteiger partial charge in [0.25, 0.3) is 0 Å². The average molecular weight is 1140 g/mol. The van der Waals surface area contributed by atoms with Crippen molar-refractivity contribution >= 4 is 23.8 Å². The van der Waals surface area contributed by atoms with Gasteiger partial charge in [-0.05, 0) is 37.1 Å². The molecule has 5 rings (SSSR count). The number of ketones is 1. The number of Topliss-reactive ketones (excluding diaryl/α,β-unsaturated/α-hetero) is 1. The Labute approximate surface area is 366 Å². The fourth-order valence-corrected chi connectivity index (χ4v) is 8.29. The van der Waals surface area contributed by atoms with Gasteiger partial charge >= 0.3 is 18.0 Å². The molecule has 11 atom stereocenters. The molecule has 1 aromatic rings. The number of alkyl carbamates (subject to hydrolysis) is 1. The van der Waals surface area contributed by atoms with Crippen LogP contribution in [-0.4, -0.2) is 110 Å². The Hall–Kier alpha value is -0.897. The summed E-state index contributed by atoms with van der Waals surface area (Å²) in [6, 6.07) is 1.35. The summed E-state index contributed by atoms with van der Waals surface area (Å²) in [5.74, 6) is -2.26. The SMILES string of the molecule is C#CCCOC(=O)N[C@@H](c1ccco1)[C@@H](O)C(=O)O[C@H]1C[C@@]2(O)[C@@H](OC(C)=O)[C@@H]3[C@]4(O)CO[C@@H]4C[C@H](O)[C@@]3(C)C(=O)[C@H](O)C(=C1C)C2(C)C.[Ac].[Ac]. The van der Waals surface area contributed by atoms with Crippen molar-refractivity contribution in [3.8, 4) is 12.3 Å². The molecule has 0 unspecified atom stereocenters. The van der Waals surface area contributed by atoms with E-state index in [1.165, 1.54) is 46.1 Å². The number of furan rings is 1. The molecular weight excluding hydrogens is 1100 g/mol. The van der Waals surface area contributed by atoms with Crippen LogP contribution >= 0.6 is 0 Å². The fraction of sp³-hybridized carbons (Fsp3) is 0.647. The van der Waals surface area contributed by atoms with Gasteiger partial charge in [-0.3, -0.25) is 9.59 Å². The van der Waals surface area contributed by atoms with E-state index in [1.54, 1.807) is 0 Å². The van der Waals surface area contributed by atoms with E-state index in [9.17, 15) is 44.7 Å². The second-order valence-corrected chi connectivity index (χ2v) is 14.0. The number of esters is 2. The maximum atomic E-state index is 14.4. The molecule has 4 aliphatic rings. The van der Waals surface area contributed by atoms with Gasteiger partial charge in [0.15, 0.2) is 11.9 Å². The summed E-state index contributed by atoms with van der Waals surface area (Å²) >= 11 is 0. The number of ether oxygens (including phenoxy) is 4. The second-order valence-electron chi connectivity index (χ2n) is 14.0. The van der Waals surface area contributed by atoms with Gasteiger partial charge in [-0.2, -0.15) is 0 Å². The van der Waals surface area contributed by atoms with E-state index in [4.69, 9.17) is 29.8 Å². The number of nitrogens with one attached hydrogen (secondary N) is 1. The van der Waals surface area contributed by atoms with Crippen molar-refractivity contribution in [2.24, 2.45) is 16.7 Å². The first kappa shape index (κ1) is 44.5. The van der Waals surface area contributed by atoms with Gasteiger partial charge in [-0.25, -0.2) is 9.59 Å². The third-order valence-electron chi connectivity index (χ3n) is 11.1. The zero-order valence-electron chi connectivity index (χ0n) is 29.0. The van der Waals surface area contributed by atoms with E-state index in [1.807, 2.05) is 0 Å². The molecule has 2 radical (unpaired) electrons. The Kier molecular flexibility index (Phi) is 14.4. The number of terminal acetylenes is 1. The van der Waals surface area contributed by atoms with Crippen LogP contribution < -0.4 is 5.32 Å². The summed E-state index contributed by atoms with van der Waals surface area (Å²) < 4.78 is 27.4. The molecule has 2 saturated carbocycles. The predicted molar refractivity (Wildman–Crippen MR) is 165 cm³/mol. The van der Waals surface area contributed by atoms with Crippen LogP contribution in [0.3, 0.4) is 0 Å². The van der Waals surface area contributed by atoms with Gasteiger partial charge in [0, 0.05) is 126 Å². The second kappa shape index (κ2) is 16.5. The molecule has 0 spiro atoms. The number of carbonyl (C=O) groups excluding carboxylic acids is 4. The Balaban J connectivity index is 0.00000351. The predicted octanol–water partition coefficient (Wildman–Crippen LogP) is 0.213. The first-order valence-corrected chi connectivity index (χ1v) is 16.0. The Bertz CT molecular complexity index is 1570. The van der Waals surface area contributed by atoms with Gasteiger partial charge in [0.2, 0.25) is 0 Å². The summed E-state index contributed by atoms with van der Waals surface area (Å²) in [5, 5.41) is 61.5. The molecular formula is C34H43Ac2NO14. The van der Waals surface area contributed by atoms with Crippen LogP contribution in [0.1, 0.15) is 65.7 Å². The first-order valence-electron chi connectivity index (χ1n) is 16.0. The van der Waals surface area contributed by atoms with Gasteiger partial charge < -0.3 is 54.2 Å². The van der Waals surface area contributed by atoms with Crippen LogP contribution in [0.4, 0.5) is 4.79 Å². The fourth-order valence-electron chi connectivity index (χ4n) is 8.29. The van der Waals surface area contributed by atoms with E-state index in [-0.39, 0.29) is 131 Å². The molecule has 6 N–H and O–H groups in total. The minimum atomic E-state index is -2.26. The summed E-state index contributed by atoms with van der Waals surface area (Å²) in [6.07, 6.45) is -4.75. The zero-order valence-corrected chi connectivity index (χ0v) is 38.5. The van der Waals surface area contributed by atoms with E-state index in [0.717, 1.165) is 6.92 Å². The average Bonchev–Trinajstić information content (AvgIpc) is 3.56. The molecule has 2 bridgehead atoms. The quantitative estimate of drug-likeness (QED) is 0.0673. The van der Waals surface area contributed by atoms with Crippen LogP contribution in [-0.2, 0) is 33.3 Å². The molecule has 0 aromatic carbocycles. The molecule has 2 heterocycles. The first-order chi connectivity index (χ1) is 22.9. The van der Waals surface area contributed by atoms with Crippen LogP contribution in [0.5, 0.6) is 0 Å². The van der Waals surface area contributed by atoms with Crippen molar-refractivity contribution < 1.29 is 156 Å². The minimum Gasteiger partial charge on any atom is -0.467 e. The standard InChI is InChI=1S/C34H43NO14.2Ac/c1-7-8-11-46-30(42)35-23(18-10-9-12-45-18)25(39)29(41)49-19-14-34(44)28(48-17(3)36)26-32(6,20(37)13-21-33(26,43)15-47-21)27(40)24(38)22(16(19)2)31(34,4)5;;/h1,9-10,12,19-21,23-26,28,37-39,43-44H,8,11,13-15H2,2-6H3,(H,35,42);;/t19-,20-,21+,23-,24+,25+,26-,28-,32+,33-,34+;;/m0../s1. The third-order valence-corrected chi connectivity index (χ3v) is 11.1. The molecule has 274 valence electrons. The Morgan fingerprint density at radius 1 is 1.16 bits per heavy atom.